The SMILES string of the molecule is Cc1c(C(=O)NCCCCN2CCCC2CO)cnn1C1CCCC1. The van der Waals surface area contributed by atoms with E-state index in [9.17, 15) is 9.90 Å². The van der Waals surface area contributed by atoms with Gasteiger partial charge >= 0.3 is 0 Å². The first kappa shape index (κ1) is 18.4. The molecule has 0 aromatic carbocycles. The Kier molecular flexibility index (Phi) is 6.48. The van der Waals surface area contributed by atoms with Crippen LogP contribution in [0.3, 0.4) is 0 Å². The highest BCUT2D eigenvalue weighted by atomic mass is 16.3. The quantitative estimate of drug-likeness (QED) is 0.707. The van der Waals surface area contributed by atoms with Crippen LogP contribution in [0.2, 0.25) is 0 Å². The number of aliphatic hydroxyl groups excluding tert-OH is 1. The third-order valence-electron chi connectivity index (χ3n) is 5.83. The van der Waals surface area contributed by atoms with Gasteiger partial charge in [-0.1, -0.05) is 12.8 Å². The molecule has 0 spiro atoms. The molecule has 1 saturated carbocycles. The monoisotopic (exact) mass is 348 g/mol. The molecule has 0 radical (unpaired) electrons. The minimum Gasteiger partial charge on any atom is -0.395 e. The molecule has 1 aliphatic carbocycles. The number of aromatic nitrogens is 2. The summed E-state index contributed by atoms with van der Waals surface area (Å²) in [5.41, 5.74) is 1.71. The smallest absolute Gasteiger partial charge is 0.254 e. The van der Waals surface area contributed by atoms with Gasteiger partial charge < -0.3 is 10.4 Å². The standard InChI is InChI=1S/C19H32N4O2/c1-15-18(13-21-23(15)16-7-2-3-8-16)19(25)20-10-4-5-11-22-12-6-9-17(22)14-24/h13,16-17,24H,2-12,14H2,1H3,(H,20,25). The number of carbonyl (C=O) groups is 1. The van der Waals surface area contributed by atoms with E-state index in [1.54, 1.807) is 6.20 Å². The average Bonchev–Trinajstić information content (AvgIpc) is 3.34. The number of rotatable bonds is 8. The number of nitrogens with zero attached hydrogens (tertiary/aromatic N) is 3. The van der Waals surface area contributed by atoms with Gasteiger partial charge in [0.2, 0.25) is 0 Å². The van der Waals surface area contributed by atoms with Crippen LogP contribution in [0.5, 0.6) is 0 Å². The molecule has 1 aliphatic heterocycles. The van der Waals surface area contributed by atoms with Crippen molar-refractivity contribution in [2.75, 3.05) is 26.2 Å². The molecule has 2 N–H and O–H groups in total. The van der Waals surface area contributed by atoms with Crippen LogP contribution in [0.15, 0.2) is 6.20 Å². The molecule has 2 aliphatic rings. The first-order valence-corrected chi connectivity index (χ1v) is 9.88. The summed E-state index contributed by atoms with van der Waals surface area (Å²) < 4.78 is 2.05. The van der Waals surface area contributed by atoms with Gasteiger partial charge in [0, 0.05) is 18.3 Å². The fourth-order valence-electron chi connectivity index (χ4n) is 4.30. The summed E-state index contributed by atoms with van der Waals surface area (Å²) in [6.07, 6.45) is 10.9. The first-order chi connectivity index (χ1) is 12.2. The van der Waals surface area contributed by atoms with Crippen molar-refractivity contribution >= 4 is 5.91 Å². The molecule has 1 atom stereocenters. The van der Waals surface area contributed by atoms with Crippen LogP contribution in [0, 0.1) is 6.92 Å². The van der Waals surface area contributed by atoms with Gasteiger partial charge in [-0.05, 0) is 58.5 Å². The Bertz CT molecular complexity index is 566. The van der Waals surface area contributed by atoms with Crippen LogP contribution in [0.1, 0.15) is 73.5 Å². The molecule has 0 bridgehead atoms. The van der Waals surface area contributed by atoms with Gasteiger partial charge in [0.15, 0.2) is 0 Å². The Balaban J connectivity index is 1.39. The van der Waals surface area contributed by atoms with Gasteiger partial charge in [-0.2, -0.15) is 5.10 Å². The van der Waals surface area contributed by atoms with Crippen molar-refractivity contribution < 1.29 is 9.90 Å². The molecule has 3 rings (SSSR count). The molecule has 1 amide bonds. The molecule has 1 aromatic rings. The summed E-state index contributed by atoms with van der Waals surface area (Å²) in [6, 6.07) is 0.820. The molecule has 2 heterocycles. The Morgan fingerprint density at radius 3 is 2.84 bits per heavy atom. The second-order valence-electron chi connectivity index (χ2n) is 7.50. The van der Waals surface area contributed by atoms with Gasteiger partial charge in [-0.25, -0.2) is 0 Å². The van der Waals surface area contributed by atoms with Crippen molar-refractivity contribution in [3.05, 3.63) is 17.5 Å². The van der Waals surface area contributed by atoms with Crippen LogP contribution in [-0.2, 0) is 0 Å². The highest BCUT2D eigenvalue weighted by molar-refractivity contribution is 5.95. The summed E-state index contributed by atoms with van der Waals surface area (Å²) in [6.45, 7) is 5.07. The predicted molar refractivity (Wildman–Crippen MR) is 97.7 cm³/mol. The van der Waals surface area contributed by atoms with Crippen LogP contribution >= 0.6 is 0 Å². The molecule has 25 heavy (non-hydrogen) atoms. The largest absolute Gasteiger partial charge is 0.395 e. The lowest BCUT2D eigenvalue weighted by atomic mass is 10.2. The van der Waals surface area contributed by atoms with Crippen LogP contribution in [0.4, 0.5) is 0 Å². The number of carbonyl (C=O) groups excluding carboxylic acids is 1. The second-order valence-corrected chi connectivity index (χ2v) is 7.50. The summed E-state index contributed by atoms with van der Waals surface area (Å²) in [5, 5.41) is 16.8. The predicted octanol–water partition coefficient (Wildman–Crippen LogP) is 2.27. The molecular weight excluding hydrogens is 316 g/mol. The zero-order valence-corrected chi connectivity index (χ0v) is 15.4. The normalized spacial score (nSPS) is 21.9. The third kappa shape index (κ3) is 4.42. The van der Waals surface area contributed by atoms with E-state index in [-0.39, 0.29) is 12.5 Å². The maximum atomic E-state index is 12.4. The van der Waals surface area contributed by atoms with E-state index >= 15 is 0 Å². The summed E-state index contributed by atoms with van der Waals surface area (Å²) in [4.78, 5) is 14.8. The maximum Gasteiger partial charge on any atom is 0.254 e. The first-order valence-electron chi connectivity index (χ1n) is 9.88. The lowest BCUT2D eigenvalue weighted by Gasteiger charge is -2.22. The Hall–Kier alpha value is -1.40. The topological polar surface area (TPSA) is 70.4 Å². The molecule has 2 fully saturated rings. The number of unbranched alkanes of at least 4 members (excludes halogenated alkanes) is 1. The number of hydrogen-bond donors (Lipinski definition) is 2. The van der Waals surface area contributed by atoms with E-state index < -0.39 is 0 Å². The number of aliphatic hydroxyl groups is 1. The molecule has 1 aromatic heterocycles. The van der Waals surface area contributed by atoms with Gasteiger partial charge in [-0.15, -0.1) is 0 Å². The lowest BCUT2D eigenvalue weighted by molar-refractivity contribution is 0.0951. The van der Waals surface area contributed by atoms with Crippen molar-refractivity contribution in [3.63, 3.8) is 0 Å². The minimum absolute atomic E-state index is 0.00356. The number of hydrogen-bond acceptors (Lipinski definition) is 4. The van der Waals surface area contributed by atoms with Crippen LogP contribution < -0.4 is 5.32 Å². The van der Waals surface area contributed by atoms with Crippen molar-refractivity contribution in [2.45, 2.75) is 70.4 Å². The van der Waals surface area contributed by atoms with E-state index in [0.29, 0.717) is 24.2 Å². The van der Waals surface area contributed by atoms with E-state index in [0.717, 1.165) is 38.0 Å². The minimum atomic E-state index is -0.00356. The van der Waals surface area contributed by atoms with E-state index in [4.69, 9.17) is 0 Å². The zero-order valence-electron chi connectivity index (χ0n) is 15.4. The Morgan fingerprint density at radius 1 is 1.28 bits per heavy atom. The number of amides is 1. The fourth-order valence-corrected chi connectivity index (χ4v) is 4.30. The van der Waals surface area contributed by atoms with Crippen molar-refractivity contribution in [1.29, 1.82) is 0 Å². The molecule has 1 unspecified atom stereocenters. The lowest BCUT2D eigenvalue weighted by Crippen LogP contribution is -2.33. The highest BCUT2D eigenvalue weighted by Gasteiger charge is 2.23. The van der Waals surface area contributed by atoms with Crippen molar-refractivity contribution in [3.8, 4) is 0 Å². The third-order valence-corrected chi connectivity index (χ3v) is 5.83. The van der Waals surface area contributed by atoms with Gasteiger partial charge in [-0.3, -0.25) is 14.4 Å². The molecule has 6 heteroatoms. The van der Waals surface area contributed by atoms with Crippen molar-refractivity contribution in [2.24, 2.45) is 0 Å². The fraction of sp³-hybridized carbons (Fsp3) is 0.789. The Morgan fingerprint density at radius 2 is 2.08 bits per heavy atom. The van der Waals surface area contributed by atoms with E-state index in [1.165, 1.54) is 32.1 Å². The van der Waals surface area contributed by atoms with E-state index in [1.807, 2.05) is 11.6 Å². The highest BCUT2D eigenvalue weighted by Crippen LogP contribution is 2.30. The van der Waals surface area contributed by atoms with Gasteiger partial charge in [0.25, 0.3) is 5.91 Å². The van der Waals surface area contributed by atoms with Crippen molar-refractivity contribution in [1.82, 2.24) is 20.0 Å². The van der Waals surface area contributed by atoms with E-state index in [2.05, 4.69) is 15.3 Å². The molecule has 6 nitrogen and oxygen atoms in total. The van der Waals surface area contributed by atoms with Gasteiger partial charge in [0.1, 0.15) is 0 Å². The Labute approximate surface area is 150 Å². The average molecular weight is 348 g/mol. The molecule has 140 valence electrons. The number of likely N-dealkylation sites (tertiary alicyclic amines) is 1. The summed E-state index contributed by atoms with van der Waals surface area (Å²) >= 11 is 0. The zero-order chi connectivity index (χ0) is 17.6. The van der Waals surface area contributed by atoms with Crippen LogP contribution in [0.25, 0.3) is 0 Å². The van der Waals surface area contributed by atoms with Crippen LogP contribution in [-0.4, -0.2) is 58.0 Å². The second kappa shape index (κ2) is 8.81. The maximum absolute atomic E-state index is 12.4. The molecule has 1 saturated heterocycles. The number of nitrogens with one attached hydrogen (secondary N) is 1. The molecular formula is C19H32N4O2. The summed E-state index contributed by atoms with van der Waals surface area (Å²) in [7, 11) is 0. The van der Waals surface area contributed by atoms with Gasteiger partial charge in [0.05, 0.1) is 24.4 Å². The summed E-state index contributed by atoms with van der Waals surface area (Å²) in [5.74, 6) is -0.00356.